The molecule has 1 aliphatic carbocycles. The fraction of sp³-hybridized carbons (Fsp3) is 0.667. The summed E-state index contributed by atoms with van der Waals surface area (Å²) >= 11 is 0. The van der Waals surface area contributed by atoms with Crippen molar-refractivity contribution in [2.24, 2.45) is 13.0 Å². The summed E-state index contributed by atoms with van der Waals surface area (Å²) in [7, 11) is 1.62. The van der Waals surface area contributed by atoms with E-state index in [0.29, 0.717) is 26.2 Å². The zero-order chi connectivity index (χ0) is 18.3. The van der Waals surface area contributed by atoms with Crippen LogP contribution in [0.1, 0.15) is 32.1 Å². The lowest BCUT2D eigenvalue weighted by Crippen LogP contribution is -2.53. The Morgan fingerprint density at radius 2 is 1.88 bits per heavy atom. The predicted octanol–water partition coefficient (Wildman–Crippen LogP) is 0.305. The molecule has 4 rings (SSSR count). The van der Waals surface area contributed by atoms with Crippen molar-refractivity contribution in [3.63, 3.8) is 0 Å². The average molecular weight is 360 g/mol. The number of nitrogens with zero attached hydrogens (tertiary/aromatic N) is 4. The highest BCUT2D eigenvalue weighted by Crippen LogP contribution is 2.46. The summed E-state index contributed by atoms with van der Waals surface area (Å²) in [6.45, 7) is 2.45. The summed E-state index contributed by atoms with van der Waals surface area (Å²) < 4.78 is 6.90. The molecule has 8 nitrogen and oxygen atoms in total. The number of hydrogen-bond donors (Lipinski definition) is 0. The second-order valence-corrected chi connectivity index (χ2v) is 7.49. The quantitative estimate of drug-likeness (QED) is 0.706. The first kappa shape index (κ1) is 17.1. The molecule has 0 radical (unpaired) electrons. The van der Waals surface area contributed by atoms with Gasteiger partial charge in [0.05, 0.1) is 24.2 Å². The van der Waals surface area contributed by atoms with Crippen molar-refractivity contribution in [1.82, 2.24) is 14.7 Å². The summed E-state index contributed by atoms with van der Waals surface area (Å²) in [5.74, 6) is -0.538. The molecule has 8 heteroatoms. The number of amides is 1. The number of aromatic nitrogens is 2. The molecule has 1 aromatic rings. The molecule has 3 aliphatic rings. The van der Waals surface area contributed by atoms with Crippen LogP contribution in [0.3, 0.4) is 0 Å². The molecule has 2 saturated heterocycles. The van der Waals surface area contributed by atoms with Crippen molar-refractivity contribution < 1.29 is 14.3 Å². The number of hydrogen-bond acceptors (Lipinski definition) is 6. The van der Waals surface area contributed by atoms with Crippen molar-refractivity contribution in [1.29, 1.82) is 0 Å². The molecule has 26 heavy (non-hydrogen) atoms. The normalized spacial score (nSPS) is 25.0. The monoisotopic (exact) mass is 360 g/mol. The molecule has 0 aromatic carbocycles. The van der Waals surface area contributed by atoms with Crippen LogP contribution in [-0.4, -0.2) is 58.3 Å². The first-order valence-electron chi connectivity index (χ1n) is 9.27. The number of carbonyl (C=O) groups excluding carboxylic acids is 2. The van der Waals surface area contributed by atoms with E-state index in [4.69, 9.17) is 4.74 Å². The summed E-state index contributed by atoms with van der Waals surface area (Å²) in [5, 5.41) is 4.06. The SMILES string of the molecule is Cn1ncc(N2CCN(C(=O)C3CC(=O)OC34CCCC4)CC2)cc1=O. The lowest BCUT2D eigenvalue weighted by molar-refractivity contribution is -0.151. The third-order valence-corrected chi connectivity index (χ3v) is 5.98. The minimum absolute atomic E-state index is 0.0412. The number of aryl methyl sites for hydroxylation is 1. The molecule has 3 fully saturated rings. The predicted molar refractivity (Wildman–Crippen MR) is 93.7 cm³/mol. The zero-order valence-electron chi connectivity index (χ0n) is 15.0. The minimum atomic E-state index is -0.555. The van der Waals surface area contributed by atoms with E-state index < -0.39 is 5.60 Å². The Bertz CT molecular complexity index is 776. The van der Waals surface area contributed by atoms with Gasteiger partial charge in [-0.25, -0.2) is 4.68 Å². The van der Waals surface area contributed by atoms with Gasteiger partial charge in [0.15, 0.2) is 0 Å². The number of anilines is 1. The maximum atomic E-state index is 13.1. The lowest BCUT2D eigenvalue weighted by Gasteiger charge is -2.38. The van der Waals surface area contributed by atoms with Gasteiger partial charge in [-0.05, 0) is 25.7 Å². The van der Waals surface area contributed by atoms with Crippen LogP contribution in [0, 0.1) is 5.92 Å². The maximum absolute atomic E-state index is 13.1. The number of rotatable bonds is 2. The molecule has 0 bridgehead atoms. The van der Waals surface area contributed by atoms with Crippen LogP contribution in [0.25, 0.3) is 0 Å². The molecule has 3 heterocycles. The van der Waals surface area contributed by atoms with Gasteiger partial charge in [0.1, 0.15) is 5.60 Å². The van der Waals surface area contributed by atoms with E-state index in [1.54, 1.807) is 19.3 Å². The Hall–Kier alpha value is -2.38. The fourth-order valence-electron chi connectivity index (χ4n) is 4.47. The minimum Gasteiger partial charge on any atom is -0.458 e. The van der Waals surface area contributed by atoms with Gasteiger partial charge in [0.25, 0.3) is 5.56 Å². The van der Waals surface area contributed by atoms with Gasteiger partial charge in [0.2, 0.25) is 5.91 Å². The highest BCUT2D eigenvalue weighted by Gasteiger charge is 2.54. The van der Waals surface area contributed by atoms with E-state index in [1.807, 2.05) is 4.90 Å². The second-order valence-electron chi connectivity index (χ2n) is 7.49. The number of piperazine rings is 1. The Balaban J connectivity index is 1.42. The molecule has 2 aliphatic heterocycles. The molecular weight excluding hydrogens is 336 g/mol. The van der Waals surface area contributed by atoms with E-state index >= 15 is 0 Å². The van der Waals surface area contributed by atoms with Crippen molar-refractivity contribution in [3.8, 4) is 0 Å². The molecule has 140 valence electrons. The summed E-state index contributed by atoms with van der Waals surface area (Å²) in [6, 6.07) is 1.57. The second kappa shape index (κ2) is 6.41. The van der Waals surface area contributed by atoms with Crippen LogP contribution in [0.15, 0.2) is 17.1 Å². The standard InChI is InChI=1S/C18H24N4O4/c1-20-15(23)10-13(12-19-20)21-6-8-22(9-7-21)17(25)14-11-16(24)26-18(14)4-2-3-5-18/h10,12,14H,2-9,11H2,1H3. The van der Waals surface area contributed by atoms with E-state index in [1.165, 1.54) is 4.68 Å². The van der Waals surface area contributed by atoms with Gasteiger partial charge < -0.3 is 14.5 Å². The van der Waals surface area contributed by atoms with Crippen molar-refractivity contribution >= 4 is 17.6 Å². The Morgan fingerprint density at radius 1 is 1.19 bits per heavy atom. The molecular formula is C18H24N4O4. The average Bonchev–Trinajstić information content (AvgIpc) is 3.23. The van der Waals surface area contributed by atoms with Gasteiger partial charge in [-0.1, -0.05) is 0 Å². The van der Waals surface area contributed by atoms with Crippen molar-refractivity contribution in [2.75, 3.05) is 31.1 Å². The van der Waals surface area contributed by atoms with E-state index in [2.05, 4.69) is 10.00 Å². The third-order valence-electron chi connectivity index (χ3n) is 5.98. The molecule has 1 aromatic heterocycles. The molecule has 1 saturated carbocycles. The van der Waals surface area contributed by atoms with Crippen molar-refractivity contribution in [3.05, 3.63) is 22.6 Å². The Kier molecular flexibility index (Phi) is 4.20. The lowest BCUT2D eigenvalue weighted by atomic mass is 9.84. The number of ether oxygens (including phenoxy) is 1. The van der Waals surface area contributed by atoms with Gasteiger partial charge in [0, 0.05) is 39.3 Å². The van der Waals surface area contributed by atoms with Crippen LogP contribution in [0.2, 0.25) is 0 Å². The smallest absolute Gasteiger partial charge is 0.307 e. The summed E-state index contributed by atoms with van der Waals surface area (Å²) in [6.07, 6.45) is 5.51. The summed E-state index contributed by atoms with van der Waals surface area (Å²) in [4.78, 5) is 40.6. The molecule has 1 atom stereocenters. The van der Waals surface area contributed by atoms with E-state index in [0.717, 1.165) is 31.4 Å². The number of carbonyl (C=O) groups is 2. The molecule has 1 amide bonds. The van der Waals surface area contributed by atoms with Crippen molar-refractivity contribution in [2.45, 2.75) is 37.7 Å². The van der Waals surface area contributed by atoms with Crippen LogP contribution in [0.5, 0.6) is 0 Å². The highest BCUT2D eigenvalue weighted by molar-refractivity contribution is 5.88. The molecule has 0 N–H and O–H groups in total. The van der Waals surface area contributed by atoms with Crippen LogP contribution >= 0.6 is 0 Å². The van der Waals surface area contributed by atoms with Gasteiger partial charge in [-0.2, -0.15) is 5.10 Å². The van der Waals surface area contributed by atoms with E-state index in [-0.39, 0.29) is 29.8 Å². The number of esters is 1. The maximum Gasteiger partial charge on any atom is 0.307 e. The van der Waals surface area contributed by atoms with Crippen LogP contribution in [-0.2, 0) is 21.4 Å². The van der Waals surface area contributed by atoms with Crippen LogP contribution < -0.4 is 10.5 Å². The first-order chi connectivity index (χ1) is 12.5. The summed E-state index contributed by atoms with van der Waals surface area (Å²) in [5.41, 5.74) is 0.0820. The first-order valence-corrected chi connectivity index (χ1v) is 9.27. The molecule has 1 unspecified atom stereocenters. The third kappa shape index (κ3) is 2.87. The van der Waals surface area contributed by atoms with Gasteiger partial charge in [-0.3, -0.25) is 14.4 Å². The van der Waals surface area contributed by atoms with Crippen LogP contribution in [0.4, 0.5) is 5.69 Å². The Labute approximate surface area is 151 Å². The van der Waals surface area contributed by atoms with Gasteiger partial charge in [-0.15, -0.1) is 0 Å². The Morgan fingerprint density at radius 3 is 2.54 bits per heavy atom. The van der Waals surface area contributed by atoms with E-state index in [9.17, 15) is 14.4 Å². The largest absolute Gasteiger partial charge is 0.458 e. The highest BCUT2D eigenvalue weighted by atomic mass is 16.6. The zero-order valence-corrected chi connectivity index (χ0v) is 15.0. The van der Waals surface area contributed by atoms with Gasteiger partial charge >= 0.3 is 5.97 Å². The molecule has 1 spiro atoms. The topological polar surface area (TPSA) is 84.7 Å². The fourth-order valence-corrected chi connectivity index (χ4v) is 4.47.